The second-order valence-electron chi connectivity index (χ2n) is 6.36. The molecule has 3 aromatic rings. The van der Waals surface area contributed by atoms with E-state index in [2.05, 4.69) is 4.98 Å². The second-order valence-corrected chi connectivity index (χ2v) is 6.36. The first-order chi connectivity index (χ1) is 11.7. The lowest BCUT2D eigenvalue weighted by Crippen LogP contribution is -2.24. The molecule has 4 rings (SSSR count). The second kappa shape index (κ2) is 5.87. The van der Waals surface area contributed by atoms with E-state index in [1.54, 1.807) is 22.9 Å². The van der Waals surface area contributed by atoms with Gasteiger partial charge >= 0.3 is 0 Å². The minimum atomic E-state index is -0.230. The van der Waals surface area contributed by atoms with Crippen molar-refractivity contribution in [3.63, 3.8) is 0 Å². The van der Waals surface area contributed by atoms with E-state index in [0.717, 1.165) is 25.7 Å². The molecule has 24 heavy (non-hydrogen) atoms. The minimum absolute atomic E-state index is 0.0780. The molecule has 6 heteroatoms. The van der Waals surface area contributed by atoms with Gasteiger partial charge in [0.25, 0.3) is 11.1 Å². The Balaban J connectivity index is 1.97. The first-order valence-corrected chi connectivity index (χ1v) is 8.35. The van der Waals surface area contributed by atoms with Gasteiger partial charge in [0, 0.05) is 25.0 Å². The third kappa shape index (κ3) is 2.34. The SMILES string of the molecule is O=c1c2cc3c(=O)n(C4CCCC4)ccc3nc2ccn1CCO. The fourth-order valence-electron chi connectivity index (χ4n) is 3.63. The van der Waals surface area contributed by atoms with Gasteiger partial charge in [-0.15, -0.1) is 0 Å². The summed E-state index contributed by atoms with van der Waals surface area (Å²) in [6.45, 7) is 0.120. The van der Waals surface area contributed by atoms with Crippen molar-refractivity contribution in [3.8, 4) is 0 Å². The maximum atomic E-state index is 12.9. The summed E-state index contributed by atoms with van der Waals surface area (Å²) in [4.78, 5) is 29.9. The molecule has 0 radical (unpaired) electrons. The van der Waals surface area contributed by atoms with Gasteiger partial charge in [-0.1, -0.05) is 12.8 Å². The quantitative estimate of drug-likeness (QED) is 0.745. The lowest BCUT2D eigenvalue weighted by molar-refractivity contribution is 0.274. The zero-order valence-corrected chi connectivity index (χ0v) is 13.3. The molecule has 0 spiro atoms. The average Bonchev–Trinajstić information content (AvgIpc) is 3.11. The molecule has 3 heterocycles. The third-order valence-electron chi connectivity index (χ3n) is 4.90. The highest BCUT2D eigenvalue weighted by molar-refractivity contribution is 5.91. The van der Waals surface area contributed by atoms with Gasteiger partial charge in [-0.05, 0) is 31.0 Å². The van der Waals surface area contributed by atoms with Gasteiger partial charge in [0.05, 0.1) is 28.4 Å². The standard InChI is InChI=1S/C18H19N3O3/c22-10-9-20-7-5-15-13(17(20)23)11-14-16(19-15)6-8-21(18(14)24)12-3-1-2-4-12/h5-8,11-12,22H,1-4,9-10H2. The van der Waals surface area contributed by atoms with Crippen molar-refractivity contribution in [3.05, 3.63) is 51.3 Å². The fraction of sp³-hybridized carbons (Fsp3) is 0.389. The number of aliphatic hydroxyl groups is 1. The van der Waals surface area contributed by atoms with Gasteiger partial charge in [0.1, 0.15) is 0 Å². The van der Waals surface area contributed by atoms with E-state index in [4.69, 9.17) is 5.11 Å². The highest BCUT2D eigenvalue weighted by Crippen LogP contribution is 2.28. The van der Waals surface area contributed by atoms with E-state index in [1.165, 1.54) is 4.57 Å². The number of rotatable bonds is 3. The summed E-state index contributed by atoms with van der Waals surface area (Å²) in [6.07, 6.45) is 7.80. The monoisotopic (exact) mass is 325 g/mol. The first kappa shape index (κ1) is 15.1. The molecular formula is C18H19N3O3. The molecule has 1 fully saturated rings. The Hall–Kier alpha value is -2.47. The van der Waals surface area contributed by atoms with E-state index >= 15 is 0 Å². The molecule has 0 aromatic carbocycles. The largest absolute Gasteiger partial charge is 0.395 e. The van der Waals surface area contributed by atoms with Crippen LogP contribution in [-0.4, -0.2) is 25.8 Å². The Morgan fingerprint density at radius 3 is 2.42 bits per heavy atom. The van der Waals surface area contributed by atoms with E-state index in [9.17, 15) is 9.59 Å². The van der Waals surface area contributed by atoms with Crippen molar-refractivity contribution in [2.75, 3.05) is 6.61 Å². The number of aliphatic hydroxyl groups excluding tert-OH is 1. The number of pyridine rings is 3. The van der Waals surface area contributed by atoms with Crippen LogP contribution in [0.5, 0.6) is 0 Å². The van der Waals surface area contributed by atoms with Crippen molar-refractivity contribution >= 4 is 21.8 Å². The van der Waals surface area contributed by atoms with Crippen LogP contribution in [0.3, 0.4) is 0 Å². The number of hydrogen-bond donors (Lipinski definition) is 1. The van der Waals surface area contributed by atoms with Gasteiger partial charge in [-0.3, -0.25) is 9.59 Å². The van der Waals surface area contributed by atoms with Crippen LogP contribution in [0.1, 0.15) is 31.7 Å². The molecular weight excluding hydrogens is 306 g/mol. The Labute approximate surface area is 138 Å². The van der Waals surface area contributed by atoms with Gasteiger partial charge in [-0.25, -0.2) is 4.98 Å². The molecule has 0 bridgehead atoms. The topological polar surface area (TPSA) is 77.1 Å². The zero-order chi connectivity index (χ0) is 16.7. The molecule has 6 nitrogen and oxygen atoms in total. The predicted molar refractivity (Wildman–Crippen MR) is 92.4 cm³/mol. The van der Waals surface area contributed by atoms with Gasteiger partial charge in [-0.2, -0.15) is 0 Å². The lowest BCUT2D eigenvalue weighted by atomic mass is 10.1. The van der Waals surface area contributed by atoms with Crippen LogP contribution in [0.2, 0.25) is 0 Å². The number of aromatic nitrogens is 3. The molecule has 1 N–H and O–H groups in total. The maximum Gasteiger partial charge on any atom is 0.260 e. The molecule has 124 valence electrons. The highest BCUT2D eigenvalue weighted by Gasteiger charge is 2.19. The van der Waals surface area contributed by atoms with E-state index in [-0.39, 0.29) is 30.3 Å². The molecule has 3 aromatic heterocycles. The summed E-state index contributed by atoms with van der Waals surface area (Å²) >= 11 is 0. The number of fused-ring (bicyclic) bond motifs is 2. The summed E-state index contributed by atoms with van der Waals surface area (Å²) in [5.74, 6) is 0. The minimum Gasteiger partial charge on any atom is -0.395 e. The Morgan fingerprint density at radius 2 is 1.71 bits per heavy atom. The van der Waals surface area contributed by atoms with Crippen LogP contribution >= 0.6 is 0 Å². The van der Waals surface area contributed by atoms with Gasteiger partial charge < -0.3 is 14.2 Å². The third-order valence-corrected chi connectivity index (χ3v) is 4.90. The van der Waals surface area contributed by atoms with Crippen molar-refractivity contribution in [2.24, 2.45) is 0 Å². The lowest BCUT2D eigenvalue weighted by Gasteiger charge is -2.14. The fourth-order valence-corrected chi connectivity index (χ4v) is 3.63. The van der Waals surface area contributed by atoms with Crippen molar-refractivity contribution in [1.82, 2.24) is 14.1 Å². The molecule has 0 aliphatic heterocycles. The summed E-state index contributed by atoms with van der Waals surface area (Å²) in [5, 5.41) is 9.96. The van der Waals surface area contributed by atoms with Crippen LogP contribution < -0.4 is 11.1 Å². The summed E-state index contributed by atoms with van der Waals surface area (Å²) in [5.41, 5.74) is 0.873. The molecule has 1 aliphatic carbocycles. The molecule has 1 aliphatic rings. The average molecular weight is 325 g/mol. The first-order valence-electron chi connectivity index (χ1n) is 8.35. The Morgan fingerprint density at radius 1 is 1.04 bits per heavy atom. The van der Waals surface area contributed by atoms with Crippen molar-refractivity contribution in [2.45, 2.75) is 38.3 Å². The van der Waals surface area contributed by atoms with Crippen LogP contribution in [0.4, 0.5) is 0 Å². The number of hydrogen-bond acceptors (Lipinski definition) is 4. The summed E-state index contributed by atoms with van der Waals surface area (Å²) in [7, 11) is 0. The highest BCUT2D eigenvalue weighted by atomic mass is 16.3. The number of nitrogens with zero attached hydrogens (tertiary/aromatic N) is 3. The van der Waals surface area contributed by atoms with Gasteiger partial charge in [0.2, 0.25) is 0 Å². The van der Waals surface area contributed by atoms with E-state index in [1.807, 2.05) is 12.3 Å². The molecule has 0 saturated heterocycles. The van der Waals surface area contributed by atoms with Crippen LogP contribution in [0.15, 0.2) is 40.2 Å². The Bertz CT molecular complexity index is 1030. The van der Waals surface area contributed by atoms with Crippen LogP contribution in [0, 0.1) is 0 Å². The van der Waals surface area contributed by atoms with Gasteiger partial charge in [0.15, 0.2) is 0 Å². The van der Waals surface area contributed by atoms with Crippen molar-refractivity contribution < 1.29 is 5.11 Å². The maximum absolute atomic E-state index is 12.9. The van der Waals surface area contributed by atoms with Crippen LogP contribution in [-0.2, 0) is 6.54 Å². The van der Waals surface area contributed by atoms with E-state index in [0.29, 0.717) is 21.8 Å². The molecule has 0 amide bonds. The summed E-state index contributed by atoms with van der Waals surface area (Å²) in [6, 6.07) is 5.50. The van der Waals surface area contributed by atoms with E-state index < -0.39 is 0 Å². The predicted octanol–water partition coefficient (Wildman–Crippen LogP) is 1.82. The molecule has 0 atom stereocenters. The van der Waals surface area contributed by atoms with Crippen molar-refractivity contribution in [1.29, 1.82) is 0 Å². The normalized spacial score (nSPS) is 15.5. The zero-order valence-electron chi connectivity index (χ0n) is 13.3. The smallest absolute Gasteiger partial charge is 0.260 e. The summed E-state index contributed by atoms with van der Waals surface area (Å²) < 4.78 is 3.23. The molecule has 0 unspecified atom stereocenters. The Kier molecular flexibility index (Phi) is 3.69. The molecule has 1 saturated carbocycles. The van der Waals surface area contributed by atoms with Crippen LogP contribution in [0.25, 0.3) is 21.8 Å².